The molecule has 3 aromatic rings. The molecule has 1 amide bonds. The average molecular weight is 442 g/mol. The molecule has 0 aliphatic heterocycles. The van der Waals surface area contributed by atoms with Crippen LogP contribution in [0.3, 0.4) is 0 Å². The van der Waals surface area contributed by atoms with Crippen molar-refractivity contribution in [2.75, 3.05) is 7.11 Å². The molecular weight excluding hydrogens is 422 g/mol. The second-order valence-corrected chi connectivity index (χ2v) is 7.20. The fourth-order valence-corrected chi connectivity index (χ4v) is 3.29. The summed E-state index contributed by atoms with van der Waals surface area (Å²) in [5.41, 5.74) is 2.79. The molecule has 28 heavy (non-hydrogen) atoms. The van der Waals surface area contributed by atoms with Gasteiger partial charge in [-0.25, -0.2) is 4.68 Å². The molecule has 2 aromatic carbocycles. The van der Waals surface area contributed by atoms with E-state index in [1.807, 2.05) is 61.5 Å². The van der Waals surface area contributed by atoms with E-state index in [1.54, 1.807) is 10.7 Å². The largest absolute Gasteiger partial charge is 0.469 e. The van der Waals surface area contributed by atoms with Crippen LogP contribution in [0.25, 0.3) is 5.69 Å². The van der Waals surface area contributed by atoms with Crippen molar-refractivity contribution in [3.8, 4) is 5.69 Å². The molecule has 0 radical (unpaired) electrons. The summed E-state index contributed by atoms with van der Waals surface area (Å²) in [4.78, 5) is 24.7. The number of ether oxygens (including phenoxy) is 1. The van der Waals surface area contributed by atoms with Crippen LogP contribution in [0.4, 0.5) is 0 Å². The van der Waals surface area contributed by atoms with Crippen molar-refractivity contribution in [1.29, 1.82) is 0 Å². The summed E-state index contributed by atoms with van der Waals surface area (Å²) in [6, 6.07) is 18.2. The van der Waals surface area contributed by atoms with Crippen LogP contribution in [0.2, 0.25) is 0 Å². The number of aromatic nitrogens is 2. The Bertz CT molecular complexity index is 986. The van der Waals surface area contributed by atoms with E-state index in [0.29, 0.717) is 0 Å². The van der Waals surface area contributed by atoms with Gasteiger partial charge in [-0.05, 0) is 42.8 Å². The SMILES string of the molecule is COC(=O)CC(NC(=O)c1cc(C)n(-c2ccccc2)n1)c1cccc(Br)c1. The second kappa shape index (κ2) is 8.84. The molecule has 0 fully saturated rings. The Morgan fingerprint density at radius 2 is 1.89 bits per heavy atom. The number of methoxy groups -OCH3 is 1. The van der Waals surface area contributed by atoms with E-state index >= 15 is 0 Å². The number of esters is 1. The maximum atomic E-state index is 12.8. The monoisotopic (exact) mass is 441 g/mol. The third kappa shape index (κ3) is 4.67. The molecule has 144 valence electrons. The van der Waals surface area contributed by atoms with Gasteiger partial charge in [-0.1, -0.05) is 46.3 Å². The van der Waals surface area contributed by atoms with Crippen LogP contribution in [-0.4, -0.2) is 28.8 Å². The highest BCUT2D eigenvalue weighted by Gasteiger charge is 2.22. The van der Waals surface area contributed by atoms with Crippen LogP contribution in [0.15, 0.2) is 65.1 Å². The maximum absolute atomic E-state index is 12.8. The van der Waals surface area contributed by atoms with Gasteiger partial charge < -0.3 is 10.1 Å². The summed E-state index contributed by atoms with van der Waals surface area (Å²) in [7, 11) is 1.33. The molecule has 3 rings (SSSR count). The van der Waals surface area contributed by atoms with Crippen LogP contribution >= 0.6 is 15.9 Å². The van der Waals surface area contributed by atoms with Crippen LogP contribution in [0, 0.1) is 6.92 Å². The summed E-state index contributed by atoms with van der Waals surface area (Å²) in [5, 5.41) is 7.32. The topological polar surface area (TPSA) is 73.2 Å². The number of hydrogen-bond acceptors (Lipinski definition) is 4. The first-order valence-corrected chi connectivity index (χ1v) is 9.52. The Morgan fingerprint density at radius 1 is 1.14 bits per heavy atom. The van der Waals surface area contributed by atoms with E-state index in [2.05, 4.69) is 26.3 Å². The van der Waals surface area contributed by atoms with E-state index in [4.69, 9.17) is 4.74 Å². The Morgan fingerprint density at radius 3 is 2.57 bits per heavy atom. The zero-order chi connectivity index (χ0) is 20.1. The predicted octanol–water partition coefficient (Wildman–Crippen LogP) is 3.98. The number of hydrogen-bond donors (Lipinski definition) is 1. The lowest BCUT2D eigenvalue weighted by molar-refractivity contribution is -0.141. The molecular formula is C21H20BrN3O3. The Balaban J connectivity index is 1.85. The number of para-hydroxylation sites is 1. The number of benzene rings is 2. The van der Waals surface area contributed by atoms with Gasteiger partial charge in [0.1, 0.15) is 0 Å². The molecule has 0 bridgehead atoms. The minimum absolute atomic E-state index is 0.0249. The fraction of sp³-hybridized carbons (Fsp3) is 0.190. The van der Waals surface area contributed by atoms with Gasteiger partial charge in [0, 0.05) is 10.2 Å². The van der Waals surface area contributed by atoms with Gasteiger partial charge in [0.25, 0.3) is 5.91 Å². The smallest absolute Gasteiger partial charge is 0.307 e. The van der Waals surface area contributed by atoms with Crippen LogP contribution in [-0.2, 0) is 9.53 Å². The van der Waals surface area contributed by atoms with Gasteiger partial charge in [0.2, 0.25) is 0 Å². The van der Waals surface area contributed by atoms with Crippen LogP contribution in [0.5, 0.6) is 0 Å². The van der Waals surface area contributed by atoms with Crippen molar-refractivity contribution in [2.45, 2.75) is 19.4 Å². The molecule has 6 nitrogen and oxygen atoms in total. The van der Waals surface area contributed by atoms with Gasteiger partial charge in [0.15, 0.2) is 5.69 Å². The minimum atomic E-state index is -0.528. The number of nitrogens with zero attached hydrogens (tertiary/aromatic N) is 2. The van der Waals surface area contributed by atoms with Gasteiger partial charge in [-0.15, -0.1) is 0 Å². The number of halogens is 1. The molecule has 7 heteroatoms. The normalized spacial score (nSPS) is 11.7. The standard InChI is InChI=1S/C21H20BrN3O3/c1-14-11-19(24-25(14)17-9-4-3-5-10-17)21(27)23-18(13-20(26)28-2)15-7-6-8-16(22)12-15/h3-12,18H,13H2,1-2H3,(H,23,27). The summed E-state index contributed by atoms with van der Waals surface area (Å²) >= 11 is 3.42. The van der Waals surface area contributed by atoms with Crippen molar-refractivity contribution < 1.29 is 14.3 Å². The quantitative estimate of drug-likeness (QED) is 0.587. The number of nitrogens with one attached hydrogen (secondary N) is 1. The zero-order valence-electron chi connectivity index (χ0n) is 15.6. The van der Waals surface area contributed by atoms with Gasteiger partial charge in [-0.2, -0.15) is 5.10 Å². The van der Waals surface area contributed by atoms with Crippen LogP contribution in [0.1, 0.15) is 34.2 Å². The second-order valence-electron chi connectivity index (χ2n) is 6.28. The minimum Gasteiger partial charge on any atom is -0.469 e. The Labute approximate surface area is 171 Å². The number of rotatable bonds is 6. The molecule has 0 aliphatic rings. The van der Waals surface area contributed by atoms with E-state index in [9.17, 15) is 9.59 Å². The number of aryl methyl sites for hydroxylation is 1. The van der Waals surface area contributed by atoms with E-state index in [-0.39, 0.29) is 18.0 Å². The zero-order valence-corrected chi connectivity index (χ0v) is 17.1. The van der Waals surface area contributed by atoms with E-state index in [1.165, 1.54) is 7.11 Å². The highest BCUT2D eigenvalue weighted by molar-refractivity contribution is 9.10. The summed E-state index contributed by atoms with van der Waals surface area (Å²) in [6.45, 7) is 1.89. The van der Waals surface area contributed by atoms with Crippen molar-refractivity contribution in [1.82, 2.24) is 15.1 Å². The van der Waals surface area contributed by atoms with Gasteiger partial charge in [0.05, 0.1) is 25.3 Å². The summed E-state index contributed by atoms with van der Waals surface area (Å²) < 4.78 is 7.35. The van der Waals surface area contributed by atoms with Gasteiger partial charge in [-0.3, -0.25) is 9.59 Å². The van der Waals surface area contributed by atoms with Crippen molar-refractivity contribution in [2.24, 2.45) is 0 Å². The lowest BCUT2D eigenvalue weighted by Gasteiger charge is -2.18. The van der Waals surface area contributed by atoms with Crippen molar-refractivity contribution in [3.63, 3.8) is 0 Å². The molecule has 1 heterocycles. The number of amides is 1. The Kier molecular flexibility index (Phi) is 6.26. The molecule has 0 saturated heterocycles. The van der Waals surface area contributed by atoms with E-state index < -0.39 is 12.0 Å². The van der Waals surface area contributed by atoms with Crippen LogP contribution < -0.4 is 5.32 Å². The van der Waals surface area contributed by atoms with Crippen molar-refractivity contribution >= 4 is 27.8 Å². The number of carbonyl (C=O) groups excluding carboxylic acids is 2. The van der Waals surface area contributed by atoms with Gasteiger partial charge >= 0.3 is 5.97 Å². The highest BCUT2D eigenvalue weighted by atomic mass is 79.9. The molecule has 1 unspecified atom stereocenters. The molecule has 1 atom stereocenters. The average Bonchev–Trinajstić information content (AvgIpc) is 3.09. The summed E-state index contributed by atoms with van der Waals surface area (Å²) in [5.74, 6) is -0.761. The molecule has 0 spiro atoms. The lowest BCUT2D eigenvalue weighted by Crippen LogP contribution is -2.31. The fourth-order valence-electron chi connectivity index (χ4n) is 2.87. The lowest BCUT2D eigenvalue weighted by atomic mass is 10.0. The first kappa shape index (κ1) is 19.8. The van der Waals surface area contributed by atoms with E-state index in [0.717, 1.165) is 21.4 Å². The first-order chi connectivity index (χ1) is 13.5. The number of carbonyl (C=O) groups is 2. The molecule has 1 aromatic heterocycles. The molecule has 0 aliphatic carbocycles. The third-order valence-corrected chi connectivity index (χ3v) is 4.77. The maximum Gasteiger partial charge on any atom is 0.307 e. The predicted molar refractivity (Wildman–Crippen MR) is 109 cm³/mol. The Hall–Kier alpha value is -2.93. The summed E-state index contributed by atoms with van der Waals surface area (Å²) in [6.07, 6.45) is 0.0249. The molecule has 0 saturated carbocycles. The highest BCUT2D eigenvalue weighted by Crippen LogP contribution is 2.22. The van der Waals surface area contributed by atoms with Crippen molar-refractivity contribution in [3.05, 3.63) is 82.1 Å². The third-order valence-electron chi connectivity index (χ3n) is 4.28. The first-order valence-electron chi connectivity index (χ1n) is 8.73. The molecule has 1 N–H and O–H groups in total.